The third-order valence-corrected chi connectivity index (χ3v) is 6.38. The standard InChI is InChI=1S/C25H28N6O2/c1-16-9-10-21(33-16)15-26-25(32)19-11-13-30(14-12-19)24-23-22(17(2)27-28-24)18(3)31(29-23)20-7-5-4-6-8-20/h4-10,19H,11-15H2,1-3H3,(H,26,32). The molecule has 1 aliphatic heterocycles. The van der Waals surface area contributed by atoms with Gasteiger partial charge in [0.25, 0.3) is 0 Å². The van der Waals surface area contributed by atoms with Crippen molar-refractivity contribution in [3.8, 4) is 5.69 Å². The van der Waals surface area contributed by atoms with Crippen LogP contribution in [0, 0.1) is 26.7 Å². The number of aromatic nitrogens is 4. The first-order chi connectivity index (χ1) is 16.0. The fraction of sp³-hybridized carbons (Fsp3) is 0.360. The molecule has 0 unspecified atom stereocenters. The van der Waals surface area contributed by atoms with Crippen LogP contribution in [0.5, 0.6) is 0 Å². The van der Waals surface area contributed by atoms with E-state index in [0.29, 0.717) is 6.54 Å². The molecule has 170 valence electrons. The van der Waals surface area contributed by atoms with Gasteiger partial charge in [-0.2, -0.15) is 10.2 Å². The topological polar surface area (TPSA) is 89.1 Å². The number of nitrogens with zero attached hydrogens (tertiary/aromatic N) is 5. The number of hydrogen-bond acceptors (Lipinski definition) is 6. The van der Waals surface area contributed by atoms with Gasteiger partial charge in [-0.15, -0.1) is 5.10 Å². The fourth-order valence-corrected chi connectivity index (χ4v) is 4.60. The normalized spacial score (nSPS) is 14.7. The second-order valence-electron chi connectivity index (χ2n) is 8.66. The van der Waals surface area contributed by atoms with Crippen LogP contribution in [-0.2, 0) is 11.3 Å². The Morgan fingerprint density at radius 2 is 1.82 bits per heavy atom. The van der Waals surface area contributed by atoms with Gasteiger partial charge in [-0.25, -0.2) is 4.68 Å². The Hall–Kier alpha value is -3.68. The summed E-state index contributed by atoms with van der Waals surface area (Å²) in [5.74, 6) is 2.48. The Labute approximate surface area is 192 Å². The lowest BCUT2D eigenvalue weighted by molar-refractivity contribution is -0.125. The highest BCUT2D eigenvalue weighted by molar-refractivity contribution is 5.92. The maximum Gasteiger partial charge on any atom is 0.223 e. The number of carbonyl (C=O) groups excluding carboxylic acids is 1. The Bertz CT molecular complexity index is 1290. The molecule has 1 N–H and O–H groups in total. The van der Waals surface area contributed by atoms with Crippen molar-refractivity contribution in [2.24, 2.45) is 5.92 Å². The minimum atomic E-state index is -0.0187. The summed E-state index contributed by atoms with van der Waals surface area (Å²) in [6.45, 7) is 7.84. The van der Waals surface area contributed by atoms with Gasteiger partial charge in [0.1, 0.15) is 17.0 Å². The van der Waals surface area contributed by atoms with Gasteiger partial charge in [0.05, 0.1) is 29.0 Å². The second-order valence-corrected chi connectivity index (χ2v) is 8.66. The van der Waals surface area contributed by atoms with E-state index >= 15 is 0 Å². The van der Waals surface area contributed by atoms with Gasteiger partial charge in [-0.1, -0.05) is 18.2 Å². The molecule has 8 heteroatoms. The van der Waals surface area contributed by atoms with Gasteiger partial charge >= 0.3 is 0 Å². The molecule has 4 aromatic rings. The number of carbonyl (C=O) groups is 1. The van der Waals surface area contributed by atoms with E-state index in [1.807, 2.05) is 61.0 Å². The average Bonchev–Trinajstić information content (AvgIpc) is 3.42. The second kappa shape index (κ2) is 8.69. The molecule has 0 radical (unpaired) electrons. The maximum atomic E-state index is 12.7. The van der Waals surface area contributed by atoms with E-state index in [1.54, 1.807) is 0 Å². The molecule has 0 bridgehead atoms. The molecule has 1 saturated heterocycles. The van der Waals surface area contributed by atoms with Crippen LogP contribution in [0.3, 0.4) is 0 Å². The Balaban J connectivity index is 1.32. The highest BCUT2D eigenvalue weighted by Crippen LogP contribution is 2.31. The third-order valence-electron chi connectivity index (χ3n) is 6.38. The molecule has 3 aromatic heterocycles. The van der Waals surface area contributed by atoms with Crippen molar-refractivity contribution in [1.82, 2.24) is 25.3 Å². The summed E-state index contributed by atoms with van der Waals surface area (Å²) in [6.07, 6.45) is 1.52. The van der Waals surface area contributed by atoms with Crippen molar-refractivity contribution in [2.45, 2.75) is 40.2 Å². The van der Waals surface area contributed by atoms with Crippen LogP contribution in [0.4, 0.5) is 5.82 Å². The Kier molecular flexibility index (Phi) is 5.58. The number of aryl methyl sites for hydroxylation is 3. The SMILES string of the molecule is Cc1ccc(CNC(=O)C2CCN(c3nnc(C)c4c(C)n(-c5ccccc5)nc34)CC2)o1. The van der Waals surface area contributed by atoms with Crippen LogP contribution in [0.25, 0.3) is 16.6 Å². The number of amides is 1. The largest absolute Gasteiger partial charge is 0.465 e. The summed E-state index contributed by atoms with van der Waals surface area (Å²) in [4.78, 5) is 14.9. The molecule has 5 rings (SSSR count). The maximum absolute atomic E-state index is 12.7. The predicted octanol–water partition coefficient (Wildman–Crippen LogP) is 3.87. The first kappa shape index (κ1) is 21.2. The molecule has 1 aromatic carbocycles. The van der Waals surface area contributed by atoms with Gasteiger partial charge in [-0.05, 0) is 57.9 Å². The molecule has 1 fully saturated rings. The van der Waals surface area contributed by atoms with E-state index in [-0.39, 0.29) is 11.8 Å². The summed E-state index contributed by atoms with van der Waals surface area (Å²) < 4.78 is 7.50. The number of furan rings is 1. The lowest BCUT2D eigenvalue weighted by atomic mass is 9.95. The van der Waals surface area contributed by atoms with Crippen molar-refractivity contribution in [2.75, 3.05) is 18.0 Å². The third kappa shape index (κ3) is 4.08. The van der Waals surface area contributed by atoms with E-state index < -0.39 is 0 Å². The number of nitrogens with one attached hydrogen (secondary N) is 1. The van der Waals surface area contributed by atoms with Gasteiger partial charge in [0.2, 0.25) is 5.91 Å². The van der Waals surface area contributed by atoms with Crippen LogP contribution < -0.4 is 10.2 Å². The summed E-state index contributed by atoms with van der Waals surface area (Å²) in [5.41, 5.74) is 3.79. The number of anilines is 1. The predicted molar refractivity (Wildman–Crippen MR) is 126 cm³/mol. The molecule has 1 aliphatic rings. The van der Waals surface area contributed by atoms with Gasteiger partial charge in [0, 0.05) is 19.0 Å². The Morgan fingerprint density at radius 1 is 1.06 bits per heavy atom. The number of para-hydroxylation sites is 1. The van der Waals surface area contributed by atoms with E-state index in [4.69, 9.17) is 9.52 Å². The number of benzene rings is 1. The van der Waals surface area contributed by atoms with Gasteiger partial charge < -0.3 is 14.6 Å². The average molecular weight is 445 g/mol. The molecule has 33 heavy (non-hydrogen) atoms. The van der Waals surface area contributed by atoms with Crippen molar-refractivity contribution in [3.63, 3.8) is 0 Å². The van der Waals surface area contributed by atoms with Gasteiger partial charge in [-0.3, -0.25) is 4.79 Å². The van der Waals surface area contributed by atoms with Crippen LogP contribution in [-0.4, -0.2) is 39.0 Å². The van der Waals surface area contributed by atoms with Crippen molar-refractivity contribution >= 4 is 22.6 Å². The Morgan fingerprint density at radius 3 is 2.52 bits per heavy atom. The zero-order valence-electron chi connectivity index (χ0n) is 19.2. The fourth-order valence-electron chi connectivity index (χ4n) is 4.60. The lowest BCUT2D eigenvalue weighted by Gasteiger charge is -2.31. The highest BCUT2D eigenvalue weighted by atomic mass is 16.3. The molecule has 8 nitrogen and oxygen atoms in total. The van der Waals surface area contributed by atoms with Crippen LogP contribution in [0.15, 0.2) is 46.9 Å². The smallest absolute Gasteiger partial charge is 0.223 e. The lowest BCUT2D eigenvalue weighted by Crippen LogP contribution is -2.40. The quantitative estimate of drug-likeness (QED) is 0.503. The molecule has 4 heterocycles. The van der Waals surface area contributed by atoms with Crippen molar-refractivity contribution in [3.05, 3.63) is 65.4 Å². The monoisotopic (exact) mass is 444 g/mol. The summed E-state index contributed by atoms with van der Waals surface area (Å²) in [7, 11) is 0. The summed E-state index contributed by atoms with van der Waals surface area (Å²) in [5, 5.41) is 17.9. The van der Waals surface area contributed by atoms with Crippen LogP contribution in [0.1, 0.15) is 35.7 Å². The molecular weight excluding hydrogens is 416 g/mol. The molecule has 0 saturated carbocycles. The summed E-state index contributed by atoms with van der Waals surface area (Å²) in [6, 6.07) is 13.9. The first-order valence-electron chi connectivity index (χ1n) is 11.4. The van der Waals surface area contributed by atoms with E-state index in [2.05, 4.69) is 27.3 Å². The van der Waals surface area contributed by atoms with Gasteiger partial charge in [0.15, 0.2) is 5.82 Å². The number of rotatable bonds is 5. The van der Waals surface area contributed by atoms with Crippen LogP contribution >= 0.6 is 0 Å². The minimum Gasteiger partial charge on any atom is -0.465 e. The van der Waals surface area contributed by atoms with E-state index in [1.165, 1.54) is 0 Å². The minimum absolute atomic E-state index is 0.0187. The van der Waals surface area contributed by atoms with Crippen LogP contribution in [0.2, 0.25) is 0 Å². The number of hydrogen-bond donors (Lipinski definition) is 1. The van der Waals surface area contributed by atoms with Crippen molar-refractivity contribution in [1.29, 1.82) is 0 Å². The number of fused-ring (bicyclic) bond motifs is 1. The first-order valence-corrected chi connectivity index (χ1v) is 11.4. The number of piperidine rings is 1. The molecule has 1 amide bonds. The zero-order chi connectivity index (χ0) is 22.9. The zero-order valence-corrected chi connectivity index (χ0v) is 19.2. The van der Waals surface area contributed by atoms with E-state index in [9.17, 15) is 4.79 Å². The molecule has 0 spiro atoms. The molecular formula is C25H28N6O2. The highest BCUT2D eigenvalue weighted by Gasteiger charge is 2.28. The molecule has 0 atom stereocenters. The molecule has 0 aliphatic carbocycles. The van der Waals surface area contributed by atoms with Crippen molar-refractivity contribution < 1.29 is 9.21 Å². The van der Waals surface area contributed by atoms with E-state index in [0.717, 1.165) is 71.2 Å². The summed E-state index contributed by atoms with van der Waals surface area (Å²) >= 11 is 0.